The van der Waals surface area contributed by atoms with Crippen molar-refractivity contribution in [2.45, 2.75) is 25.4 Å². The normalized spacial score (nSPS) is 26.1. The molecule has 2 unspecified atom stereocenters. The first-order valence-corrected chi connectivity index (χ1v) is 7.54. The zero-order chi connectivity index (χ0) is 13.8. The Labute approximate surface area is 120 Å². The van der Waals surface area contributed by atoms with Crippen molar-refractivity contribution in [2.24, 2.45) is 5.92 Å². The molecule has 0 bridgehead atoms. The van der Waals surface area contributed by atoms with Crippen LogP contribution < -0.4 is 14.8 Å². The Balaban J connectivity index is 1.83. The lowest BCUT2D eigenvalue weighted by Gasteiger charge is -2.32. The maximum absolute atomic E-state index is 6.02. The Morgan fingerprint density at radius 3 is 2.80 bits per heavy atom. The molecular formula is C16H23NO3. The maximum Gasteiger partial charge on any atom is 0.161 e. The summed E-state index contributed by atoms with van der Waals surface area (Å²) in [6.45, 7) is 3.29. The Hall–Kier alpha value is -1.26. The van der Waals surface area contributed by atoms with E-state index in [1.54, 1.807) is 0 Å². The van der Waals surface area contributed by atoms with Gasteiger partial charge in [0.25, 0.3) is 0 Å². The van der Waals surface area contributed by atoms with Crippen LogP contribution in [-0.2, 0) is 4.74 Å². The molecule has 0 aliphatic carbocycles. The monoisotopic (exact) mass is 277 g/mol. The molecule has 1 aromatic rings. The van der Waals surface area contributed by atoms with Crippen LogP contribution in [0.2, 0.25) is 0 Å². The molecular weight excluding hydrogens is 254 g/mol. The third-order valence-electron chi connectivity index (χ3n) is 4.01. The summed E-state index contributed by atoms with van der Waals surface area (Å²) in [7, 11) is 2.00. The van der Waals surface area contributed by atoms with Gasteiger partial charge in [-0.2, -0.15) is 0 Å². The van der Waals surface area contributed by atoms with E-state index >= 15 is 0 Å². The van der Waals surface area contributed by atoms with E-state index < -0.39 is 0 Å². The number of rotatable bonds is 3. The van der Waals surface area contributed by atoms with E-state index in [1.165, 1.54) is 12.0 Å². The molecule has 1 saturated heterocycles. The number of nitrogens with one attached hydrogen (secondary N) is 1. The zero-order valence-corrected chi connectivity index (χ0v) is 12.1. The highest BCUT2D eigenvalue weighted by molar-refractivity contribution is 5.44. The highest BCUT2D eigenvalue weighted by atomic mass is 16.5. The topological polar surface area (TPSA) is 39.7 Å². The van der Waals surface area contributed by atoms with Crippen LogP contribution in [0.15, 0.2) is 18.2 Å². The van der Waals surface area contributed by atoms with Gasteiger partial charge in [0, 0.05) is 25.5 Å². The Bertz CT molecular complexity index is 447. The van der Waals surface area contributed by atoms with E-state index in [0.29, 0.717) is 5.92 Å². The fourth-order valence-corrected chi connectivity index (χ4v) is 3.04. The summed E-state index contributed by atoms with van der Waals surface area (Å²) in [6, 6.07) is 6.23. The van der Waals surface area contributed by atoms with Gasteiger partial charge in [-0.1, -0.05) is 6.07 Å². The van der Waals surface area contributed by atoms with Crippen molar-refractivity contribution in [1.29, 1.82) is 0 Å². The molecule has 20 heavy (non-hydrogen) atoms. The Kier molecular flexibility index (Phi) is 4.43. The van der Waals surface area contributed by atoms with Gasteiger partial charge < -0.3 is 19.5 Å². The lowest BCUT2D eigenvalue weighted by molar-refractivity contribution is -0.0273. The van der Waals surface area contributed by atoms with Crippen LogP contribution in [0.5, 0.6) is 11.5 Å². The van der Waals surface area contributed by atoms with Crippen molar-refractivity contribution in [3.63, 3.8) is 0 Å². The van der Waals surface area contributed by atoms with Gasteiger partial charge in [0.05, 0.1) is 19.3 Å². The molecule has 4 nitrogen and oxygen atoms in total. The average molecular weight is 277 g/mol. The summed E-state index contributed by atoms with van der Waals surface area (Å²) in [6.07, 6.45) is 3.45. The van der Waals surface area contributed by atoms with Crippen molar-refractivity contribution in [1.82, 2.24) is 5.32 Å². The lowest BCUT2D eigenvalue weighted by Crippen LogP contribution is -2.30. The lowest BCUT2D eigenvalue weighted by atomic mass is 9.89. The van der Waals surface area contributed by atoms with E-state index in [1.807, 2.05) is 13.1 Å². The number of ether oxygens (including phenoxy) is 3. The molecule has 0 radical (unpaired) electrons. The zero-order valence-electron chi connectivity index (χ0n) is 12.1. The summed E-state index contributed by atoms with van der Waals surface area (Å²) >= 11 is 0. The molecule has 0 saturated carbocycles. The summed E-state index contributed by atoms with van der Waals surface area (Å²) in [5.74, 6) is 2.24. The minimum absolute atomic E-state index is 0.161. The van der Waals surface area contributed by atoms with Crippen LogP contribution in [0.1, 0.15) is 30.9 Å². The third kappa shape index (κ3) is 2.91. The van der Waals surface area contributed by atoms with Crippen molar-refractivity contribution >= 4 is 0 Å². The highest BCUT2D eigenvalue weighted by Gasteiger charge is 2.28. The summed E-state index contributed by atoms with van der Waals surface area (Å²) < 4.78 is 17.5. The molecule has 1 fully saturated rings. The first-order chi connectivity index (χ1) is 9.88. The second-order valence-corrected chi connectivity index (χ2v) is 5.51. The predicted molar refractivity (Wildman–Crippen MR) is 77.4 cm³/mol. The van der Waals surface area contributed by atoms with Gasteiger partial charge in [-0.3, -0.25) is 0 Å². The highest BCUT2D eigenvalue weighted by Crippen LogP contribution is 2.38. The summed E-state index contributed by atoms with van der Waals surface area (Å²) in [4.78, 5) is 0. The molecule has 2 aliphatic heterocycles. The summed E-state index contributed by atoms with van der Waals surface area (Å²) in [5, 5.41) is 3.27. The standard InChI is InChI=1S/C16H23NO3/c1-17-11-13-4-2-7-20-16(13)12-5-6-14-15(10-12)19-9-3-8-18-14/h5-6,10,13,16-17H,2-4,7-9,11H2,1H3. The molecule has 2 atom stereocenters. The molecule has 0 aromatic heterocycles. The van der Waals surface area contributed by atoms with Crippen LogP contribution in [0.25, 0.3) is 0 Å². The van der Waals surface area contributed by atoms with Gasteiger partial charge in [-0.25, -0.2) is 0 Å². The van der Waals surface area contributed by atoms with E-state index in [4.69, 9.17) is 14.2 Å². The van der Waals surface area contributed by atoms with Crippen molar-refractivity contribution < 1.29 is 14.2 Å². The minimum atomic E-state index is 0.161. The molecule has 3 rings (SSSR count). The molecule has 2 aliphatic rings. The maximum atomic E-state index is 6.02. The van der Waals surface area contributed by atoms with Crippen LogP contribution in [0, 0.1) is 5.92 Å². The van der Waals surface area contributed by atoms with E-state index in [9.17, 15) is 0 Å². The summed E-state index contributed by atoms with van der Waals surface area (Å²) in [5.41, 5.74) is 1.20. The van der Waals surface area contributed by atoms with E-state index in [0.717, 1.165) is 50.7 Å². The van der Waals surface area contributed by atoms with E-state index in [2.05, 4.69) is 17.4 Å². The molecule has 1 aromatic carbocycles. The van der Waals surface area contributed by atoms with Crippen molar-refractivity contribution in [3.05, 3.63) is 23.8 Å². The van der Waals surface area contributed by atoms with Gasteiger partial charge in [0.15, 0.2) is 11.5 Å². The molecule has 4 heteroatoms. The minimum Gasteiger partial charge on any atom is -0.490 e. The van der Waals surface area contributed by atoms with Gasteiger partial charge in [-0.05, 0) is 37.6 Å². The van der Waals surface area contributed by atoms with Crippen molar-refractivity contribution in [2.75, 3.05) is 33.4 Å². The number of fused-ring (bicyclic) bond motifs is 1. The van der Waals surface area contributed by atoms with Gasteiger partial charge in [-0.15, -0.1) is 0 Å². The SMILES string of the molecule is CNCC1CCCOC1c1ccc2c(c1)OCCCO2. The smallest absolute Gasteiger partial charge is 0.161 e. The Morgan fingerprint density at radius 2 is 1.95 bits per heavy atom. The second-order valence-electron chi connectivity index (χ2n) is 5.51. The van der Waals surface area contributed by atoms with E-state index in [-0.39, 0.29) is 6.10 Å². The third-order valence-corrected chi connectivity index (χ3v) is 4.01. The van der Waals surface area contributed by atoms with Gasteiger partial charge in [0.2, 0.25) is 0 Å². The molecule has 2 heterocycles. The van der Waals surface area contributed by atoms with Crippen LogP contribution in [-0.4, -0.2) is 33.4 Å². The second kappa shape index (κ2) is 6.46. The number of benzene rings is 1. The Morgan fingerprint density at radius 1 is 1.10 bits per heavy atom. The molecule has 1 N–H and O–H groups in total. The average Bonchev–Trinajstić information content (AvgIpc) is 2.72. The van der Waals surface area contributed by atoms with Crippen molar-refractivity contribution in [3.8, 4) is 11.5 Å². The quantitative estimate of drug-likeness (QED) is 0.921. The van der Waals surface area contributed by atoms with Gasteiger partial charge >= 0.3 is 0 Å². The number of hydrogen-bond acceptors (Lipinski definition) is 4. The fraction of sp³-hybridized carbons (Fsp3) is 0.625. The largest absolute Gasteiger partial charge is 0.490 e. The first kappa shape index (κ1) is 13.7. The van der Waals surface area contributed by atoms with Crippen LogP contribution in [0.3, 0.4) is 0 Å². The number of hydrogen-bond donors (Lipinski definition) is 1. The molecule has 0 spiro atoms. The van der Waals surface area contributed by atoms with Gasteiger partial charge in [0.1, 0.15) is 0 Å². The van der Waals surface area contributed by atoms with Crippen LogP contribution >= 0.6 is 0 Å². The molecule has 110 valence electrons. The fourth-order valence-electron chi connectivity index (χ4n) is 3.04. The molecule has 0 amide bonds. The van der Waals surface area contributed by atoms with Crippen LogP contribution in [0.4, 0.5) is 0 Å². The predicted octanol–water partition coefficient (Wildman–Crippen LogP) is 2.54. The first-order valence-electron chi connectivity index (χ1n) is 7.54.